The van der Waals surface area contributed by atoms with Crippen molar-refractivity contribution in [1.29, 1.82) is 0 Å². The van der Waals surface area contributed by atoms with Crippen LogP contribution in [-0.2, 0) is 32.1 Å². The molecule has 238 valence electrons. The first-order valence-corrected chi connectivity index (χ1v) is 20.4. The minimum absolute atomic E-state index is 0. The summed E-state index contributed by atoms with van der Waals surface area (Å²) in [7, 11) is 0. The number of benzene rings is 5. The Balaban J connectivity index is 0.00000217. The van der Waals surface area contributed by atoms with Crippen LogP contribution < -0.4 is 24.8 Å². The van der Waals surface area contributed by atoms with Crippen LogP contribution in [0, 0.1) is 0 Å². The fourth-order valence-electron chi connectivity index (χ4n) is 7.15. The van der Waals surface area contributed by atoms with Crippen molar-refractivity contribution < 1.29 is 46.1 Å². The molecule has 0 aliphatic heterocycles. The first-order chi connectivity index (χ1) is 21.5. The molecule has 0 nitrogen and oxygen atoms in total. The van der Waals surface area contributed by atoms with Crippen LogP contribution >= 0.6 is 11.6 Å². The summed E-state index contributed by atoms with van der Waals surface area (Å²) in [5.41, 5.74) is 11.6. The second kappa shape index (κ2) is 13.8. The van der Waals surface area contributed by atoms with Crippen molar-refractivity contribution in [1.82, 2.24) is 0 Å². The molecule has 0 saturated heterocycles. The summed E-state index contributed by atoms with van der Waals surface area (Å²) in [6.45, 7) is 14.0. The molecule has 0 radical (unpaired) electrons. The third-order valence-electron chi connectivity index (χ3n) is 9.62. The van der Waals surface area contributed by atoms with E-state index in [1.807, 2.05) is 0 Å². The average Bonchev–Trinajstić information content (AvgIpc) is 3.66. The van der Waals surface area contributed by atoms with Crippen LogP contribution in [0.2, 0.25) is 5.02 Å². The first-order valence-electron chi connectivity index (χ1n) is 16.1. The Morgan fingerprint density at radius 2 is 1.26 bits per heavy atom. The van der Waals surface area contributed by atoms with Gasteiger partial charge in [-0.1, -0.05) is 0 Å². The maximum Gasteiger partial charge on any atom is -1.00 e. The third-order valence-corrected chi connectivity index (χ3v) is 18.1. The summed E-state index contributed by atoms with van der Waals surface area (Å²) in [6.07, 6.45) is 8.15. The van der Waals surface area contributed by atoms with Gasteiger partial charge in [0.2, 0.25) is 0 Å². The summed E-state index contributed by atoms with van der Waals surface area (Å²) >= 11 is 3.70. The van der Waals surface area contributed by atoms with Gasteiger partial charge in [0, 0.05) is 0 Å². The van der Waals surface area contributed by atoms with Gasteiger partial charge in [0.05, 0.1) is 0 Å². The summed E-state index contributed by atoms with van der Waals surface area (Å²) < 4.78 is 3.58. The van der Waals surface area contributed by atoms with Crippen LogP contribution in [0.3, 0.4) is 0 Å². The minimum Gasteiger partial charge on any atom is -1.00 e. The molecule has 2 aliphatic carbocycles. The van der Waals surface area contributed by atoms with E-state index in [2.05, 4.69) is 163 Å². The van der Waals surface area contributed by atoms with E-state index in [1.165, 1.54) is 55.3 Å². The number of halogens is 3. The van der Waals surface area contributed by atoms with E-state index in [0.29, 0.717) is 3.63 Å². The third kappa shape index (κ3) is 6.72. The van der Waals surface area contributed by atoms with Gasteiger partial charge in [-0.05, 0) is 0 Å². The maximum absolute atomic E-state index is 6.51. The van der Waals surface area contributed by atoms with E-state index < -0.39 is 21.3 Å². The molecule has 0 saturated carbocycles. The van der Waals surface area contributed by atoms with Crippen LogP contribution in [0.15, 0.2) is 125 Å². The predicted octanol–water partition coefficient (Wildman–Crippen LogP) is 5.90. The molecule has 0 bridgehead atoms. The monoisotopic (exact) mass is 752 g/mol. The molecule has 0 unspecified atom stereocenters. The van der Waals surface area contributed by atoms with Gasteiger partial charge in [0.15, 0.2) is 0 Å². The molecule has 0 aromatic heterocycles. The van der Waals surface area contributed by atoms with E-state index in [4.69, 9.17) is 11.6 Å². The number of hydrogen-bond acceptors (Lipinski definition) is 0. The van der Waals surface area contributed by atoms with Crippen molar-refractivity contribution in [3.63, 3.8) is 0 Å². The van der Waals surface area contributed by atoms with Gasteiger partial charge in [-0.15, -0.1) is 0 Å². The van der Waals surface area contributed by atoms with Gasteiger partial charge in [0.25, 0.3) is 0 Å². The number of allylic oxidation sites excluding steroid dienone is 4. The van der Waals surface area contributed by atoms with Crippen LogP contribution in [0.1, 0.15) is 85.0 Å². The molecule has 0 fully saturated rings. The zero-order valence-electron chi connectivity index (χ0n) is 28.0. The van der Waals surface area contributed by atoms with Crippen molar-refractivity contribution in [2.45, 2.75) is 62.4 Å². The molecule has 2 aliphatic rings. The number of hydrogen-bond donors (Lipinski definition) is 0. The van der Waals surface area contributed by atoms with Gasteiger partial charge >= 0.3 is 283 Å². The van der Waals surface area contributed by atoms with Crippen molar-refractivity contribution in [2.24, 2.45) is 0 Å². The van der Waals surface area contributed by atoms with E-state index in [-0.39, 0.29) is 35.6 Å². The van der Waals surface area contributed by atoms with Crippen molar-refractivity contribution >= 4 is 25.6 Å². The Bertz CT molecular complexity index is 1980. The van der Waals surface area contributed by atoms with Gasteiger partial charge in [-0.2, -0.15) is 0 Å². The number of fused-ring (bicyclic) bond motifs is 4. The van der Waals surface area contributed by atoms with Crippen LogP contribution in [0.4, 0.5) is 0 Å². The zero-order chi connectivity index (χ0) is 31.5. The fraction of sp³-hybridized carbons (Fsp3) is 0.233. The summed E-state index contributed by atoms with van der Waals surface area (Å²) in [5.74, 6) is 0. The Morgan fingerprint density at radius 1 is 0.681 bits per heavy atom. The molecule has 5 aromatic carbocycles. The molecule has 47 heavy (non-hydrogen) atoms. The SMILES string of the molecule is CC(C)(C)c1ccc2c(c1)-c1cc(C(C)(C)C)ccc1[CH]2/[Zr+2]([C]1=CC=CC1)=[C](/c1ccc(Cl)cc1)c1cccc2ccccc12.[Cl-].[Cl-]. The van der Waals surface area contributed by atoms with E-state index >= 15 is 0 Å². The summed E-state index contributed by atoms with van der Waals surface area (Å²) in [6, 6.07) is 39.3. The molecule has 0 heterocycles. The minimum atomic E-state index is -2.81. The first kappa shape index (κ1) is 35.8. The molecular formula is C43H41Cl3Zr. The molecule has 5 aromatic rings. The van der Waals surface area contributed by atoms with Crippen molar-refractivity contribution in [2.75, 3.05) is 0 Å². The van der Waals surface area contributed by atoms with E-state index in [1.54, 1.807) is 6.49 Å². The van der Waals surface area contributed by atoms with Gasteiger partial charge in [-0.3, -0.25) is 0 Å². The van der Waals surface area contributed by atoms with Crippen LogP contribution in [0.25, 0.3) is 21.9 Å². The average molecular weight is 755 g/mol. The van der Waals surface area contributed by atoms with Crippen LogP contribution in [-0.4, -0.2) is 3.21 Å². The second-order valence-corrected chi connectivity index (χ2v) is 21.4. The molecule has 7 rings (SSSR count). The Labute approximate surface area is 305 Å². The Morgan fingerprint density at radius 3 is 1.81 bits per heavy atom. The van der Waals surface area contributed by atoms with Gasteiger partial charge < -0.3 is 24.8 Å². The molecule has 0 spiro atoms. The quantitative estimate of drug-likeness (QED) is 0.215. The predicted molar refractivity (Wildman–Crippen MR) is 192 cm³/mol. The van der Waals surface area contributed by atoms with Crippen LogP contribution in [0.5, 0.6) is 0 Å². The molecule has 0 atom stereocenters. The maximum atomic E-state index is 6.51. The van der Waals surface area contributed by atoms with Gasteiger partial charge in [-0.25, -0.2) is 0 Å². The molecule has 0 N–H and O–H groups in total. The topological polar surface area (TPSA) is 0 Å². The van der Waals surface area contributed by atoms with Crippen molar-refractivity contribution in [3.05, 3.63) is 163 Å². The Kier molecular flexibility index (Phi) is 10.5. The van der Waals surface area contributed by atoms with Gasteiger partial charge in [0.1, 0.15) is 0 Å². The molecule has 4 heteroatoms. The summed E-state index contributed by atoms with van der Waals surface area (Å²) in [5, 5.41) is 3.41. The molecule has 0 amide bonds. The molecular weight excluding hydrogens is 714 g/mol. The van der Waals surface area contributed by atoms with E-state index in [0.717, 1.165) is 11.4 Å². The standard InChI is InChI=1S/C21H25.C17H11Cl.C5H5.2ClH.Zr/c1-20(2,3)16-9-7-14-11-15-8-10-17(21(4,5)6)13-19(15)18(14)12-16;18-16-10-8-13(9-11-16)12-15-6-3-5-14-4-1-2-7-17(14)15;1-2-4-5-3-1;;;/h7-13H,1-6H3;1-11H;1-3H,4H2;2*1H;/q;;;;;+2/p-2. The van der Waals surface area contributed by atoms with Crippen molar-refractivity contribution in [3.8, 4) is 11.1 Å². The summed E-state index contributed by atoms with van der Waals surface area (Å²) in [4.78, 5) is 0. The fourth-order valence-corrected chi connectivity index (χ4v) is 16.4. The Hall–Kier alpha value is -2.54. The second-order valence-electron chi connectivity index (χ2n) is 14.7. The normalized spacial score (nSPS) is 14.2. The zero-order valence-corrected chi connectivity index (χ0v) is 32.7. The van der Waals surface area contributed by atoms with E-state index in [9.17, 15) is 0 Å². The smallest absolute Gasteiger partial charge is 1.00 e. The number of rotatable bonds is 4. The largest absolute Gasteiger partial charge is 1.00 e.